The molecule has 3 aromatic carbocycles. The summed E-state index contributed by atoms with van der Waals surface area (Å²) in [6, 6.07) is 13.4. The number of fused-ring (bicyclic) bond motifs is 1. The van der Waals surface area contributed by atoms with Gasteiger partial charge in [0.05, 0.1) is 46.3 Å². The van der Waals surface area contributed by atoms with E-state index >= 15 is 4.39 Å². The molecule has 4 heterocycles. The van der Waals surface area contributed by atoms with Crippen LogP contribution in [0.25, 0.3) is 11.0 Å². The standard InChI is InChI=1S/C46H57BrFN10O5P/c1-6-30-26-38(54-46-52-28-34(47)44(56-46)53-37-11-10-36-42(51-17-16-50-36)43(37)64(4,5)61)40(63-3)27-39(30)58-20-14-31(15-21-58)49-18-22-57(23-24-62-2)19-13-29-7-8-32(35(48)25-29)33-9-12-41(59)55-45(33)60/h7-8,10-11,16-17,25-28,31,33,49H,6,9,12-15,18-24H2,1-5H3,(H,55,59,60)(H2,52,53,54,56). The van der Waals surface area contributed by atoms with Crippen LogP contribution < -0.4 is 36.2 Å². The quantitative estimate of drug-likeness (QED) is 0.0497. The lowest BCUT2D eigenvalue weighted by atomic mass is 9.89. The molecule has 2 saturated heterocycles. The van der Waals surface area contributed by atoms with Gasteiger partial charge < -0.3 is 34.9 Å². The van der Waals surface area contributed by atoms with E-state index in [1.165, 1.54) is 11.6 Å². The molecule has 1 unspecified atom stereocenters. The van der Waals surface area contributed by atoms with Crippen molar-refractivity contribution < 1.29 is 28.0 Å². The minimum atomic E-state index is -2.78. The maximum atomic E-state index is 15.2. The predicted octanol–water partition coefficient (Wildman–Crippen LogP) is 6.90. The number of imide groups is 1. The van der Waals surface area contributed by atoms with Crippen molar-refractivity contribution in [3.63, 3.8) is 0 Å². The highest BCUT2D eigenvalue weighted by Gasteiger charge is 2.30. The van der Waals surface area contributed by atoms with Crippen LogP contribution in [0.4, 0.5) is 33.2 Å². The SMILES string of the molecule is CCc1cc(Nc2ncc(Br)c(Nc3ccc4nccnc4c3P(C)(C)=O)n2)c(OC)cc1N1CCC(NCCN(CCOC)CCc2ccc(C3CCC(=O)NC3=O)c(F)c2)CC1. The number of nitrogens with zero attached hydrogens (tertiary/aromatic N) is 6. The van der Waals surface area contributed by atoms with Crippen molar-refractivity contribution >= 4 is 80.1 Å². The van der Waals surface area contributed by atoms with Crippen molar-refractivity contribution in [1.29, 1.82) is 0 Å². The number of hydrogen-bond donors (Lipinski definition) is 4. The second kappa shape index (κ2) is 21.3. The molecule has 0 spiro atoms. The number of carbonyl (C=O) groups excluding carboxylic acids is 2. The molecule has 4 N–H and O–H groups in total. The predicted molar refractivity (Wildman–Crippen MR) is 254 cm³/mol. The van der Waals surface area contributed by atoms with Gasteiger partial charge in [0.2, 0.25) is 17.8 Å². The molecular weight excluding hydrogens is 902 g/mol. The van der Waals surface area contributed by atoms with Gasteiger partial charge in [-0.25, -0.2) is 9.37 Å². The first-order chi connectivity index (χ1) is 30.8. The van der Waals surface area contributed by atoms with E-state index in [1.54, 1.807) is 52.2 Å². The number of ether oxygens (including phenoxy) is 2. The van der Waals surface area contributed by atoms with Gasteiger partial charge in [-0.05, 0) is 96.8 Å². The van der Waals surface area contributed by atoms with Gasteiger partial charge in [0.15, 0.2) is 0 Å². The molecule has 2 amide bonds. The molecule has 15 nitrogen and oxygen atoms in total. The van der Waals surface area contributed by atoms with Crippen LogP contribution in [-0.4, -0.2) is 116 Å². The third-order valence-corrected chi connectivity index (χ3v) is 14.0. The van der Waals surface area contributed by atoms with E-state index in [9.17, 15) is 14.2 Å². The number of aryl methyl sites for hydroxylation is 1. The maximum Gasteiger partial charge on any atom is 0.234 e. The molecule has 0 saturated carbocycles. The fraction of sp³-hybridized carbons (Fsp3) is 0.435. The summed E-state index contributed by atoms with van der Waals surface area (Å²) in [4.78, 5) is 46.9. The van der Waals surface area contributed by atoms with Gasteiger partial charge in [-0.3, -0.25) is 29.8 Å². The van der Waals surface area contributed by atoms with Crippen molar-refractivity contribution in [2.45, 2.75) is 57.4 Å². The Kier molecular flexibility index (Phi) is 15.6. The number of amides is 2. The molecular formula is C46H57BrFN10O5P. The molecule has 5 aromatic rings. The Morgan fingerprint density at radius 2 is 1.77 bits per heavy atom. The van der Waals surface area contributed by atoms with Crippen molar-refractivity contribution in [2.24, 2.45) is 0 Å². The molecule has 0 radical (unpaired) electrons. The van der Waals surface area contributed by atoms with Crippen LogP contribution in [0.1, 0.15) is 55.2 Å². The number of nitrogens with one attached hydrogen (secondary N) is 4. The van der Waals surface area contributed by atoms with Crippen LogP contribution in [0.2, 0.25) is 0 Å². The second-order valence-corrected chi connectivity index (χ2v) is 20.6. The Morgan fingerprint density at radius 3 is 2.48 bits per heavy atom. The molecule has 2 aliphatic rings. The van der Waals surface area contributed by atoms with Gasteiger partial charge in [-0.2, -0.15) is 4.98 Å². The second-order valence-electron chi connectivity index (χ2n) is 16.6. The van der Waals surface area contributed by atoms with Gasteiger partial charge in [0, 0.05) is 94.7 Å². The topological polar surface area (TPSA) is 176 Å². The number of benzene rings is 3. The number of hydrogen-bond acceptors (Lipinski definition) is 14. The monoisotopic (exact) mass is 958 g/mol. The molecule has 2 aromatic heterocycles. The number of rotatable bonds is 19. The van der Waals surface area contributed by atoms with E-state index in [2.05, 4.69) is 81.0 Å². The van der Waals surface area contributed by atoms with Crippen molar-refractivity contribution in [1.82, 2.24) is 35.5 Å². The summed E-state index contributed by atoms with van der Waals surface area (Å²) in [7, 11) is 0.572. The van der Waals surface area contributed by atoms with Crippen LogP contribution >= 0.6 is 23.1 Å². The number of piperidine rings is 2. The molecule has 18 heteroatoms. The highest BCUT2D eigenvalue weighted by Crippen LogP contribution is 2.42. The first-order valence-corrected chi connectivity index (χ1v) is 25.1. The van der Waals surface area contributed by atoms with Crippen LogP contribution in [-0.2, 0) is 31.7 Å². The van der Waals surface area contributed by atoms with Gasteiger partial charge in [-0.1, -0.05) is 19.1 Å². The summed E-state index contributed by atoms with van der Waals surface area (Å²) >= 11 is 3.59. The molecule has 64 heavy (non-hydrogen) atoms. The summed E-state index contributed by atoms with van der Waals surface area (Å²) in [5, 5.41) is 13.5. The Hall–Kier alpha value is -5.06. The number of carbonyl (C=O) groups is 2. The van der Waals surface area contributed by atoms with Crippen molar-refractivity contribution in [3.8, 4) is 5.75 Å². The normalized spacial score (nSPS) is 16.1. The number of aromatic nitrogens is 4. The molecule has 0 bridgehead atoms. The highest BCUT2D eigenvalue weighted by molar-refractivity contribution is 9.10. The summed E-state index contributed by atoms with van der Waals surface area (Å²) in [5.74, 6) is -0.269. The third kappa shape index (κ3) is 11.4. The zero-order chi connectivity index (χ0) is 45.4. The van der Waals surface area contributed by atoms with E-state index in [-0.39, 0.29) is 12.3 Å². The van der Waals surface area contributed by atoms with Gasteiger partial charge in [-0.15, -0.1) is 0 Å². The fourth-order valence-electron chi connectivity index (χ4n) is 8.48. The number of anilines is 5. The van der Waals surface area contributed by atoms with E-state index in [1.807, 2.05) is 18.2 Å². The van der Waals surface area contributed by atoms with Gasteiger partial charge in [0.25, 0.3) is 0 Å². The summed E-state index contributed by atoms with van der Waals surface area (Å²) in [6.07, 6.45) is 8.88. The summed E-state index contributed by atoms with van der Waals surface area (Å²) < 4.78 is 40.6. The maximum absolute atomic E-state index is 15.2. The molecule has 0 aliphatic carbocycles. The first-order valence-electron chi connectivity index (χ1n) is 21.7. The van der Waals surface area contributed by atoms with Crippen LogP contribution in [0.5, 0.6) is 5.75 Å². The first kappa shape index (κ1) is 46.9. The Morgan fingerprint density at radius 1 is 0.969 bits per heavy atom. The van der Waals surface area contributed by atoms with Crippen LogP contribution in [0.15, 0.2) is 65.5 Å². The minimum Gasteiger partial charge on any atom is -0.494 e. The zero-order valence-corrected chi connectivity index (χ0v) is 39.5. The van der Waals surface area contributed by atoms with E-state index < -0.39 is 24.8 Å². The average molecular weight is 960 g/mol. The molecule has 1 atom stereocenters. The Bertz CT molecular complexity index is 2520. The fourth-order valence-corrected chi connectivity index (χ4v) is 10.2. The molecule has 2 fully saturated rings. The minimum absolute atomic E-state index is 0.213. The lowest BCUT2D eigenvalue weighted by molar-refractivity contribution is -0.134. The third-order valence-electron chi connectivity index (χ3n) is 11.9. The summed E-state index contributed by atoms with van der Waals surface area (Å²) in [6.45, 7) is 11.1. The van der Waals surface area contributed by atoms with E-state index in [4.69, 9.17) is 14.5 Å². The van der Waals surface area contributed by atoms with Gasteiger partial charge >= 0.3 is 0 Å². The summed E-state index contributed by atoms with van der Waals surface area (Å²) in [5.41, 5.74) is 6.15. The van der Waals surface area contributed by atoms with Crippen LogP contribution in [0.3, 0.4) is 0 Å². The van der Waals surface area contributed by atoms with Crippen molar-refractivity contribution in [3.05, 3.63) is 88.0 Å². The number of halogens is 2. The van der Waals surface area contributed by atoms with E-state index in [0.717, 1.165) is 75.5 Å². The average Bonchev–Trinajstić information content (AvgIpc) is 3.28. The zero-order valence-electron chi connectivity index (χ0n) is 37.0. The highest BCUT2D eigenvalue weighted by atomic mass is 79.9. The number of methoxy groups -OCH3 is 2. The lowest BCUT2D eigenvalue weighted by Crippen LogP contribution is -2.45. The molecule has 2 aliphatic heterocycles. The Balaban J connectivity index is 0.943. The van der Waals surface area contributed by atoms with Gasteiger partial charge in [0.1, 0.15) is 30.0 Å². The molecule has 7 rings (SSSR count). The van der Waals surface area contributed by atoms with Crippen molar-refractivity contribution in [2.75, 3.05) is 89.0 Å². The molecule has 340 valence electrons. The van der Waals surface area contributed by atoms with E-state index in [0.29, 0.717) is 75.1 Å². The van der Waals surface area contributed by atoms with Crippen LogP contribution in [0, 0.1) is 5.82 Å². The largest absolute Gasteiger partial charge is 0.494 e. The lowest BCUT2D eigenvalue weighted by Gasteiger charge is -2.36. The Labute approximate surface area is 382 Å². The smallest absolute Gasteiger partial charge is 0.234 e.